The highest BCUT2D eigenvalue weighted by atomic mass is 79.9. The lowest BCUT2D eigenvalue weighted by Crippen LogP contribution is -2.35. The molecule has 1 aromatic carbocycles. The number of methoxy groups -OCH3 is 1. The minimum Gasteiger partial charge on any atom is -0.462 e. The van der Waals surface area contributed by atoms with Gasteiger partial charge in [-0.15, -0.1) is 0 Å². The number of halogens is 2. The number of esters is 1. The van der Waals surface area contributed by atoms with Crippen LogP contribution in [0.2, 0.25) is 0 Å². The van der Waals surface area contributed by atoms with Crippen LogP contribution < -0.4 is 16.4 Å². The lowest BCUT2D eigenvalue weighted by molar-refractivity contribution is -0.152. The second kappa shape index (κ2) is 8.64. The summed E-state index contributed by atoms with van der Waals surface area (Å²) >= 11 is 3.05. The molecule has 0 aliphatic heterocycles. The van der Waals surface area contributed by atoms with Crippen LogP contribution in [0.15, 0.2) is 36.6 Å². The summed E-state index contributed by atoms with van der Waals surface area (Å²) in [5.74, 6) is -3.22. The van der Waals surface area contributed by atoms with Crippen molar-refractivity contribution in [2.24, 2.45) is 0 Å². The third-order valence-corrected chi connectivity index (χ3v) is 4.15. The fourth-order valence-corrected chi connectivity index (χ4v) is 2.59. The molecule has 2 aromatic heterocycles. The highest BCUT2D eigenvalue weighted by molar-refractivity contribution is 9.10. The molecule has 0 radical (unpaired) electrons. The fraction of sp³-hybridized carbons (Fsp3) is 0.200. The Morgan fingerprint density at radius 1 is 1.28 bits per heavy atom. The van der Waals surface area contributed by atoms with Crippen LogP contribution >= 0.6 is 15.9 Å². The largest absolute Gasteiger partial charge is 0.462 e. The maximum atomic E-state index is 13.5. The zero-order valence-corrected chi connectivity index (χ0v) is 16.2. The number of carbonyl (C=O) groups is 2. The minimum absolute atomic E-state index is 0.0376. The molecule has 2 heterocycles. The number of carbonyl (C=O) groups excluding carboxylic acids is 2. The summed E-state index contributed by atoms with van der Waals surface area (Å²) in [6.07, 6.45) is 0. The molecule has 152 valence electrons. The van der Waals surface area contributed by atoms with Gasteiger partial charge in [0.25, 0.3) is 0 Å². The molecule has 0 spiro atoms. The zero-order chi connectivity index (χ0) is 21.0. The smallest absolute Gasteiger partial charge is 0.446 e. The topological polar surface area (TPSA) is 154 Å². The first kappa shape index (κ1) is 20.2. The summed E-state index contributed by atoms with van der Waals surface area (Å²) in [4.78, 5) is 34.5. The van der Waals surface area contributed by atoms with Gasteiger partial charge in [0.1, 0.15) is 5.82 Å². The van der Waals surface area contributed by atoms with Gasteiger partial charge in [-0.05, 0) is 44.4 Å². The maximum Gasteiger partial charge on any atom is 0.446 e. The van der Waals surface area contributed by atoms with E-state index in [1.807, 2.05) is 0 Å². The monoisotopic (exact) mass is 470 g/mol. The third kappa shape index (κ3) is 4.31. The van der Waals surface area contributed by atoms with Crippen molar-refractivity contribution in [3.8, 4) is 17.2 Å². The molecule has 29 heavy (non-hydrogen) atoms. The third-order valence-electron chi connectivity index (χ3n) is 3.54. The van der Waals surface area contributed by atoms with Gasteiger partial charge in [0.15, 0.2) is 5.69 Å². The molecule has 0 aliphatic rings. The highest BCUT2D eigenvalue weighted by Gasteiger charge is 2.23. The number of hydrogen-bond acceptors (Lipinski definition) is 10. The van der Waals surface area contributed by atoms with Gasteiger partial charge in [0.2, 0.25) is 11.6 Å². The van der Waals surface area contributed by atoms with Crippen LogP contribution in [0.3, 0.4) is 0 Å². The SMILES string of the molecule is COC(=O)C(=O)NCCNc1nonc1-c1noc(=O)n1-c1ccc(F)c(Br)c1. The van der Waals surface area contributed by atoms with E-state index in [0.717, 1.165) is 17.7 Å². The summed E-state index contributed by atoms with van der Waals surface area (Å²) in [5, 5.41) is 16.2. The van der Waals surface area contributed by atoms with Crippen molar-refractivity contribution in [2.75, 3.05) is 25.5 Å². The molecule has 14 heteroatoms. The first-order chi connectivity index (χ1) is 13.9. The molecular formula is C15H12BrFN6O6. The molecule has 1 amide bonds. The number of benzene rings is 1. The van der Waals surface area contributed by atoms with Crippen molar-refractivity contribution in [1.29, 1.82) is 0 Å². The Balaban J connectivity index is 1.79. The minimum atomic E-state index is -1.02. The molecule has 0 unspecified atom stereocenters. The van der Waals surface area contributed by atoms with Crippen LogP contribution in [0, 0.1) is 5.82 Å². The van der Waals surface area contributed by atoms with Crippen LogP contribution in [0.4, 0.5) is 10.2 Å². The van der Waals surface area contributed by atoms with Gasteiger partial charge in [0.05, 0.1) is 17.3 Å². The summed E-state index contributed by atoms with van der Waals surface area (Å²) in [6, 6.07) is 3.87. The van der Waals surface area contributed by atoms with Gasteiger partial charge < -0.3 is 15.4 Å². The number of nitrogens with zero attached hydrogens (tertiary/aromatic N) is 4. The molecule has 3 rings (SSSR count). The fourth-order valence-electron chi connectivity index (χ4n) is 2.22. The van der Waals surface area contributed by atoms with E-state index in [4.69, 9.17) is 4.52 Å². The lowest BCUT2D eigenvalue weighted by atomic mass is 10.3. The Kier molecular flexibility index (Phi) is 6.01. The number of amides is 1. The highest BCUT2D eigenvalue weighted by Crippen LogP contribution is 2.25. The zero-order valence-electron chi connectivity index (χ0n) is 14.6. The normalized spacial score (nSPS) is 10.6. The van der Waals surface area contributed by atoms with Crippen LogP contribution in [0.5, 0.6) is 0 Å². The van der Waals surface area contributed by atoms with Crippen LogP contribution in [0.25, 0.3) is 17.2 Å². The summed E-state index contributed by atoms with van der Waals surface area (Å²) in [6.45, 7) is 0.185. The molecule has 0 atom stereocenters. The van der Waals surface area contributed by atoms with Gasteiger partial charge >= 0.3 is 17.6 Å². The Morgan fingerprint density at radius 3 is 2.79 bits per heavy atom. The van der Waals surface area contributed by atoms with Crippen molar-refractivity contribution in [1.82, 2.24) is 25.4 Å². The molecule has 3 aromatic rings. The second-order valence-corrected chi connectivity index (χ2v) is 6.20. The number of aromatic nitrogens is 4. The molecule has 0 bridgehead atoms. The predicted octanol–water partition coefficient (Wildman–Crippen LogP) is 0.478. The quantitative estimate of drug-likeness (QED) is 0.295. The molecule has 0 saturated heterocycles. The maximum absolute atomic E-state index is 13.5. The molecule has 12 nitrogen and oxygen atoms in total. The van der Waals surface area contributed by atoms with Crippen LogP contribution in [0.1, 0.15) is 0 Å². The van der Waals surface area contributed by atoms with Crippen LogP contribution in [-0.2, 0) is 14.3 Å². The number of rotatable bonds is 6. The van der Waals surface area contributed by atoms with E-state index in [1.54, 1.807) is 0 Å². The van der Waals surface area contributed by atoms with E-state index in [2.05, 4.69) is 51.4 Å². The van der Waals surface area contributed by atoms with Gasteiger partial charge in [-0.25, -0.2) is 23.2 Å². The van der Waals surface area contributed by atoms with E-state index in [9.17, 15) is 18.8 Å². The summed E-state index contributed by atoms with van der Waals surface area (Å²) in [5.41, 5.74) is 0.300. The number of ether oxygens (including phenoxy) is 1. The number of nitrogens with one attached hydrogen (secondary N) is 2. The van der Waals surface area contributed by atoms with Crippen molar-refractivity contribution in [3.05, 3.63) is 39.0 Å². The average molecular weight is 471 g/mol. The molecule has 2 N–H and O–H groups in total. The van der Waals surface area contributed by atoms with E-state index in [0.29, 0.717) is 0 Å². The molecule has 0 saturated carbocycles. The van der Waals surface area contributed by atoms with E-state index in [-0.39, 0.29) is 40.6 Å². The van der Waals surface area contributed by atoms with Gasteiger partial charge in [-0.3, -0.25) is 9.32 Å². The van der Waals surface area contributed by atoms with E-state index in [1.165, 1.54) is 12.1 Å². The summed E-state index contributed by atoms with van der Waals surface area (Å²) in [7, 11) is 1.09. The predicted molar refractivity (Wildman–Crippen MR) is 96.6 cm³/mol. The van der Waals surface area contributed by atoms with Crippen molar-refractivity contribution in [2.45, 2.75) is 0 Å². The van der Waals surface area contributed by atoms with Gasteiger partial charge in [0, 0.05) is 13.1 Å². The van der Waals surface area contributed by atoms with Gasteiger partial charge in [-0.2, -0.15) is 0 Å². The van der Waals surface area contributed by atoms with Gasteiger partial charge in [-0.1, -0.05) is 5.16 Å². The molecule has 0 fully saturated rings. The van der Waals surface area contributed by atoms with E-state index < -0.39 is 23.4 Å². The van der Waals surface area contributed by atoms with Crippen molar-refractivity contribution in [3.63, 3.8) is 0 Å². The standard InChI is InChI=1S/C15H12BrFN6O6/c1-27-14(25)13(24)19-5-4-18-11-10(20-29-21-11)12-22-28-15(26)23(12)7-2-3-9(17)8(16)6-7/h2-3,6H,4-5H2,1H3,(H,18,21)(H,19,24). The second-order valence-electron chi connectivity index (χ2n) is 5.34. The first-order valence-corrected chi connectivity index (χ1v) is 8.68. The van der Waals surface area contributed by atoms with Crippen molar-refractivity contribution >= 4 is 33.6 Å². The lowest BCUT2D eigenvalue weighted by Gasteiger charge is -2.06. The van der Waals surface area contributed by atoms with Crippen LogP contribution in [-0.4, -0.2) is 52.1 Å². The Hall–Kier alpha value is -3.55. The van der Waals surface area contributed by atoms with Crippen molar-refractivity contribution < 1.29 is 27.9 Å². The number of anilines is 1. The summed E-state index contributed by atoms with van der Waals surface area (Å²) < 4.78 is 28.3. The Bertz CT molecular complexity index is 1110. The number of hydrogen-bond donors (Lipinski definition) is 2. The Labute approximate surface area is 169 Å². The first-order valence-electron chi connectivity index (χ1n) is 7.89. The van der Waals surface area contributed by atoms with E-state index >= 15 is 0 Å². The Morgan fingerprint density at radius 2 is 2.07 bits per heavy atom. The molecular weight excluding hydrogens is 459 g/mol. The average Bonchev–Trinajstić information content (AvgIpc) is 3.32. The molecule has 0 aliphatic carbocycles.